The van der Waals surface area contributed by atoms with Crippen LogP contribution in [0.3, 0.4) is 0 Å². The summed E-state index contributed by atoms with van der Waals surface area (Å²) in [5.41, 5.74) is 1.50. The number of esters is 1. The van der Waals surface area contributed by atoms with Crippen molar-refractivity contribution in [1.82, 2.24) is 5.32 Å². The summed E-state index contributed by atoms with van der Waals surface area (Å²) in [6, 6.07) is 17.7. The monoisotopic (exact) mass is 438 g/mol. The third kappa shape index (κ3) is 4.17. The first-order chi connectivity index (χ1) is 14.5. The fourth-order valence-electron chi connectivity index (χ4n) is 2.81. The van der Waals surface area contributed by atoms with Gasteiger partial charge in [-0.1, -0.05) is 35.9 Å². The first-order valence-electron chi connectivity index (χ1n) is 8.87. The van der Waals surface area contributed by atoms with Gasteiger partial charge in [-0.05, 0) is 48.2 Å². The highest BCUT2D eigenvalue weighted by Crippen LogP contribution is 2.32. The number of amides is 1. The second-order valence-electron chi connectivity index (χ2n) is 6.17. The summed E-state index contributed by atoms with van der Waals surface area (Å²) in [6.45, 7) is 0. The van der Waals surface area contributed by atoms with Crippen LogP contribution in [0.4, 0.5) is 5.69 Å². The molecule has 1 aliphatic rings. The van der Waals surface area contributed by atoms with Crippen LogP contribution in [0.15, 0.2) is 75.0 Å². The number of para-hydroxylation sites is 1. The highest BCUT2D eigenvalue weighted by atomic mass is 35.5. The number of thioether (sulfide) groups is 1. The number of halogens is 1. The minimum Gasteiger partial charge on any atom is -0.465 e. The molecule has 2 heterocycles. The molecule has 6 nitrogen and oxygen atoms in total. The lowest BCUT2D eigenvalue weighted by molar-refractivity contribution is -0.115. The summed E-state index contributed by atoms with van der Waals surface area (Å²) >= 11 is 7.37. The van der Waals surface area contributed by atoms with Crippen molar-refractivity contribution in [3.05, 3.63) is 81.9 Å². The van der Waals surface area contributed by atoms with Crippen LogP contribution in [0.2, 0.25) is 5.02 Å². The molecule has 1 fully saturated rings. The average molecular weight is 439 g/mol. The van der Waals surface area contributed by atoms with Crippen LogP contribution >= 0.6 is 23.4 Å². The molecule has 150 valence electrons. The highest BCUT2D eigenvalue weighted by Gasteiger charge is 2.25. The lowest BCUT2D eigenvalue weighted by atomic mass is 10.2. The fourth-order valence-corrected chi connectivity index (χ4v) is 3.85. The third-order valence-electron chi connectivity index (χ3n) is 4.22. The fraction of sp³-hybridized carbons (Fsp3) is 0.0455. The van der Waals surface area contributed by atoms with Gasteiger partial charge in [0.1, 0.15) is 11.5 Å². The Morgan fingerprint density at radius 2 is 1.90 bits per heavy atom. The largest absolute Gasteiger partial charge is 0.465 e. The SMILES string of the molecule is COC(=O)c1ccccc1N=C1NC(=O)/C(=C\c2ccc(-c3ccccc3Cl)o2)S1. The number of benzene rings is 2. The molecular weight excluding hydrogens is 424 g/mol. The van der Waals surface area contributed by atoms with Crippen molar-refractivity contribution < 1.29 is 18.7 Å². The van der Waals surface area contributed by atoms with Crippen molar-refractivity contribution in [3.8, 4) is 11.3 Å². The number of rotatable bonds is 4. The molecule has 1 aromatic heterocycles. The van der Waals surface area contributed by atoms with E-state index in [-0.39, 0.29) is 5.91 Å². The second-order valence-corrected chi connectivity index (χ2v) is 7.61. The molecule has 0 atom stereocenters. The smallest absolute Gasteiger partial charge is 0.340 e. The molecule has 2 aromatic carbocycles. The number of furan rings is 1. The number of carbonyl (C=O) groups excluding carboxylic acids is 2. The van der Waals surface area contributed by atoms with Gasteiger partial charge in [0.25, 0.3) is 5.91 Å². The maximum Gasteiger partial charge on any atom is 0.340 e. The van der Waals surface area contributed by atoms with Crippen molar-refractivity contribution in [2.24, 2.45) is 4.99 Å². The van der Waals surface area contributed by atoms with Crippen LogP contribution in [0, 0.1) is 0 Å². The molecule has 0 aliphatic carbocycles. The van der Waals surface area contributed by atoms with Crippen molar-refractivity contribution in [1.29, 1.82) is 0 Å². The van der Waals surface area contributed by atoms with E-state index in [1.807, 2.05) is 18.2 Å². The summed E-state index contributed by atoms with van der Waals surface area (Å²) in [5.74, 6) is 0.322. The van der Waals surface area contributed by atoms with Gasteiger partial charge in [0.15, 0.2) is 5.17 Å². The van der Waals surface area contributed by atoms with Gasteiger partial charge in [-0.25, -0.2) is 9.79 Å². The standard InChI is InChI=1S/C22H15ClN2O4S/c1-28-21(27)15-7-3-5-9-17(15)24-22-25-20(26)19(30-22)12-13-10-11-18(29-13)14-6-2-4-8-16(14)23/h2-12H,1H3,(H,24,25,26)/b19-12+. The number of nitrogens with one attached hydrogen (secondary N) is 1. The molecule has 1 amide bonds. The van der Waals surface area contributed by atoms with Gasteiger partial charge < -0.3 is 14.5 Å². The van der Waals surface area contributed by atoms with Crippen LogP contribution < -0.4 is 5.32 Å². The Morgan fingerprint density at radius 3 is 2.70 bits per heavy atom. The van der Waals surface area contributed by atoms with Crippen molar-refractivity contribution >= 4 is 52.2 Å². The van der Waals surface area contributed by atoms with E-state index in [1.165, 1.54) is 7.11 Å². The number of aliphatic imine (C=N–C) groups is 1. The lowest BCUT2D eigenvalue weighted by Crippen LogP contribution is -2.19. The van der Waals surface area contributed by atoms with E-state index in [9.17, 15) is 9.59 Å². The number of carbonyl (C=O) groups is 2. The highest BCUT2D eigenvalue weighted by molar-refractivity contribution is 8.18. The second kappa shape index (κ2) is 8.61. The van der Waals surface area contributed by atoms with Gasteiger partial charge in [-0.2, -0.15) is 0 Å². The van der Waals surface area contributed by atoms with E-state index in [0.717, 1.165) is 17.3 Å². The number of ether oxygens (including phenoxy) is 1. The van der Waals surface area contributed by atoms with Crippen LogP contribution in [0.25, 0.3) is 17.4 Å². The number of amidine groups is 1. The molecule has 0 radical (unpaired) electrons. The molecule has 3 aromatic rings. The summed E-state index contributed by atoms with van der Waals surface area (Å²) in [4.78, 5) is 29.1. The molecule has 0 unspecified atom stereocenters. The van der Waals surface area contributed by atoms with Gasteiger partial charge in [0.2, 0.25) is 0 Å². The molecular formula is C22H15ClN2O4S. The summed E-state index contributed by atoms with van der Waals surface area (Å²) in [7, 11) is 1.30. The van der Waals surface area contributed by atoms with Gasteiger partial charge >= 0.3 is 5.97 Å². The summed E-state index contributed by atoms with van der Waals surface area (Å²) in [6.07, 6.45) is 1.63. The topological polar surface area (TPSA) is 80.9 Å². The van der Waals surface area contributed by atoms with E-state index < -0.39 is 5.97 Å². The molecule has 1 saturated heterocycles. The van der Waals surface area contributed by atoms with Gasteiger partial charge in [0, 0.05) is 11.6 Å². The maximum atomic E-state index is 12.3. The maximum absolute atomic E-state index is 12.3. The molecule has 4 rings (SSSR count). The molecule has 8 heteroatoms. The molecule has 0 saturated carbocycles. The average Bonchev–Trinajstić information content (AvgIpc) is 3.35. The zero-order valence-electron chi connectivity index (χ0n) is 15.7. The Kier molecular flexibility index (Phi) is 5.74. The number of methoxy groups -OCH3 is 1. The Morgan fingerprint density at radius 1 is 1.13 bits per heavy atom. The van der Waals surface area contributed by atoms with E-state index in [2.05, 4.69) is 10.3 Å². The summed E-state index contributed by atoms with van der Waals surface area (Å²) < 4.78 is 10.6. The van der Waals surface area contributed by atoms with Crippen molar-refractivity contribution in [2.75, 3.05) is 7.11 Å². The Hall–Kier alpha value is -3.29. The number of hydrogen-bond acceptors (Lipinski definition) is 6. The normalized spacial score (nSPS) is 16.1. The van der Waals surface area contributed by atoms with Crippen LogP contribution in [-0.2, 0) is 9.53 Å². The van der Waals surface area contributed by atoms with Crippen molar-refractivity contribution in [2.45, 2.75) is 0 Å². The Balaban J connectivity index is 1.58. The van der Waals surface area contributed by atoms with Gasteiger partial charge in [-0.3, -0.25) is 4.79 Å². The van der Waals surface area contributed by atoms with Crippen LogP contribution in [0.1, 0.15) is 16.1 Å². The zero-order valence-corrected chi connectivity index (χ0v) is 17.3. The van der Waals surface area contributed by atoms with E-state index in [0.29, 0.717) is 37.9 Å². The lowest BCUT2D eigenvalue weighted by Gasteiger charge is -2.03. The molecule has 30 heavy (non-hydrogen) atoms. The van der Waals surface area contributed by atoms with Crippen LogP contribution in [-0.4, -0.2) is 24.2 Å². The van der Waals surface area contributed by atoms with Gasteiger partial charge in [0.05, 0.1) is 28.3 Å². The third-order valence-corrected chi connectivity index (χ3v) is 5.46. The predicted molar refractivity (Wildman–Crippen MR) is 118 cm³/mol. The molecule has 0 bridgehead atoms. The summed E-state index contributed by atoms with van der Waals surface area (Å²) in [5, 5.41) is 3.64. The quantitative estimate of drug-likeness (QED) is 0.443. The first-order valence-corrected chi connectivity index (χ1v) is 10.1. The first kappa shape index (κ1) is 20.0. The molecule has 1 N–H and O–H groups in total. The Labute approximate surface area is 181 Å². The number of hydrogen-bond donors (Lipinski definition) is 1. The van der Waals surface area contributed by atoms with E-state index in [1.54, 1.807) is 48.5 Å². The minimum atomic E-state index is -0.497. The van der Waals surface area contributed by atoms with Gasteiger partial charge in [-0.15, -0.1) is 0 Å². The number of nitrogens with zero attached hydrogens (tertiary/aromatic N) is 1. The Bertz CT molecular complexity index is 1200. The van der Waals surface area contributed by atoms with E-state index >= 15 is 0 Å². The minimum absolute atomic E-state index is 0.301. The zero-order chi connectivity index (χ0) is 21.1. The predicted octanol–water partition coefficient (Wildman–Crippen LogP) is 5.28. The molecule has 1 aliphatic heterocycles. The van der Waals surface area contributed by atoms with Crippen LogP contribution in [0.5, 0.6) is 0 Å². The van der Waals surface area contributed by atoms with E-state index in [4.69, 9.17) is 20.8 Å². The van der Waals surface area contributed by atoms with Crippen molar-refractivity contribution in [3.63, 3.8) is 0 Å². The molecule has 0 spiro atoms.